The molecule has 0 radical (unpaired) electrons. The molecule has 0 spiro atoms. The number of rotatable bonds is 0. The van der Waals surface area contributed by atoms with E-state index in [0.29, 0.717) is 22.5 Å². The Kier molecular flexibility index (Phi) is 1.54. The average molecular weight is 209 g/mol. The summed E-state index contributed by atoms with van der Waals surface area (Å²) in [6.45, 7) is 0. The van der Waals surface area contributed by atoms with E-state index < -0.39 is 9.84 Å². The fraction of sp³-hybridized carbons (Fsp3) is 0.500. The van der Waals surface area contributed by atoms with Crippen molar-refractivity contribution in [3.8, 4) is 0 Å². The van der Waals surface area contributed by atoms with Crippen molar-refractivity contribution in [3.63, 3.8) is 0 Å². The van der Waals surface area contributed by atoms with Crippen molar-refractivity contribution in [1.29, 1.82) is 0 Å². The highest BCUT2D eigenvalue weighted by Gasteiger charge is 2.43. The summed E-state index contributed by atoms with van der Waals surface area (Å²) in [4.78, 5) is 4.69. The van der Waals surface area contributed by atoms with Gasteiger partial charge in [-0.15, -0.1) is 0 Å². The SMILES string of the molecule is O=S1(=O)C[C@@H]2CCC2c2ncccc21. The molecule has 1 fully saturated rings. The molecular formula is C10H11NO2S. The van der Waals surface area contributed by atoms with Gasteiger partial charge < -0.3 is 0 Å². The quantitative estimate of drug-likeness (QED) is 0.648. The van der Waals surface area contributed by atoms with Crippen molar-refractivity contribution in [2.24, 2.45) is 5.92 Å². The molecule has 3 nitrogen and oxygen atoms in total. The van der Waals surface area contributed by atoms with E-state index in [4.69, 9.17) is 0 Å². The molecule has 1 aromatic heterocycles. The zero-order valence-electron chi connectivity index (χ0n) is 7.68. The molecule has 1 saturated carbocycles. The monoisotopic (exact) mass is 209 g/mol. The van der Waals surface area contributed by atoms with Crippen LogP contribution in [0.1, 0.15) is 24.5 Å². The van der Waals surface area contributed by atoms with E-state index in [2.05, 4.69) is 4.98 Å². The predicted octanol–water partition coefficient (Wildman–Crippen LogP) is 1.36. The zero-order chi connectivity index (χ0) is 9.76. The van der Waals surface area contributed by atoms with Crippen LogP contribution in [0, 0.1) is 5.92 Å². The highest BCUT2D eigenvalue weighted by atomic mass is 32.2. The van der Waals surface area contributed by atoms with Crippen LogP contribution in [0.3, 0.4) is 0 Å². The normalized spacial score (nSPS) is 32.6. The highest BCUT2D eigenvalue weighted by molar-refractivity contribution is 7.91. The van der Waals surface area contributed by atoms with Crippen molar-refractivity contribution in [1.82, 2.24) is 4.98 Å². The van der Waals surface area contributed by atoms with Crippen LogP contribution in [-0.4, -0.2) is 19.2 Å². The van der Waals surface area contributed by atoms with Gasteiger partial charge in [0.25, 0.3) is 0 Å². The summed E-state index contributed by atoms with van der Waals surface area (Å²) in [5.41, 5.74) is 0.815. The molecule has 0 saturated heterocycles. The second kappa shape index (κ2) is 2.57. The topological polar surface area (TPSA) is 47.0 Å². The van der Waals surface area contributed by atoms with Crippen molar-refractivity contribution < 1.29 is 8.42 Å². The lowest BCUT2D eigenvalue weighted by Gasteiger charge is -2.40. The molecule has 14 heavy (non-hydrogen) atoms. The number of sulfone groups is 1. The second-order valence-corrected chi connectivity index (χ2v) is 6.11. The Labute approximate surface area is 83.1 Å². The largest absolute Gasteiger partial charge is 0.260 e. The molecule has 2 atom stereocenters. The van der Waals surface area contributed by atoms with Gasteiger partial charge in [-0.25, -0.2) is 8.42 Å². The molecule has 1 aromatic rings. The maximum Gasteiger partial charge on any atom is 0.180 e. The Morgan fingerprint density at radius 1 is 1.36 bits per heavy atom. The van der Waals surface area contributed by atoms with Crippen molar-refractivity contribution in [3.05, 3.63) is 24.0 Å². The molecule has 1 unspecified atom stereocenters. The lowest BCUT2D eigenvalue weighted by Crippen LogP contribution is -2.36. The molecule has 1 aliphatic heterocycles. The van der Waals surface area contributed by atoms with Gasteiger partial charge in [-0.3, -0.25) is 4.98 Å². The van der Waals surface area contributed by atoms with Crippen LogP contribution in [0.15, 0.2) is 23.2 Å². The summed E-state index contributed by atoms with van der Waals surface area (Å²) >= 11 is 0. The fourth-order valence-electron chi connectivity index (χ4n) is 2.44. The number of hydrogen-bond donors (Lipinski definition) is 0. The van der Waals surface area contributed by atoms with E-state index in [1.165, 1.54) is 0 Å². The van der Waals surface area contributed by atoms with Crippen LogP contribution in [0.2, 0.25) is 0 Å². The predicted molar refractivity (Wildman–Crippen MR) is 51.8 cm³/mol. The van der Waals surface area contributed by atoms with E-state index >= 15 is 0 Å². The van der Waals surface area contributed by atoms with Gasteiger partial charge in [-0.2, -0.15) is 0 Å². The summed E-state index contributed by atoms with van der Waals surface area (Å²) in [5, 5.41) is 0. The minimum absolute atomic E-state index is 0.330. The van der Waals surface area contributed by atoms with Crippen molar-refractivity contribution >= 4 is 9.84 Å². The molecule has 2 aliphatic rings. The highest BCUT2D eigenvalue weighted by Crippen LogP contribution is 2.48. The molecule has 0 bridgehead atoms. The van der Waals surface area contributed by atoms with Gasteiger partial charge in [-0.1, -0.05) is 0 Å². The van der Waals surface area contributed by atoms with Crippen LogP contribution in [0.5, 0.6) is 0 Å². The first-order valence-corrected chi connectivity index (χ1v) is 6.51. The molecule has 0 N–H and O–H groups in total. The average Bonchev–Trinajstić information content (AvgIpc) is 2.12. The summed E-state index contributed by atoms with van der Waals surface area (Å²) in [5.74, 6) is 1.08. The lowest BCUT2D eigenvalue weighted by molar-refractivity contribution is 0.265. The third-order valence-electron chi connectivity index (χ3n) is 3.34. The summed E-state index contributed by atoms with van der Waals surface area (Å²) < 4.78 is 23.6. The molecule has 74 valence electrons. The van der Waals surface area contributed by atoms with Gasteiger partial charge in [0.05, 0.1) is 16.3 Å². The summed E-state index contributed by atoms with van der Waals surface area (Å²) in [6, 6.07) is 3.39. The molecule has 3 rings (SSSR count). The minimum atomic E-state index is -3.04. The number of hydrogen-bond acceptors (Lipinski definition) is 3. The summed E-state index contributed by atoms with van der Waals surface area (Å²) in [6.07, 6.45) is 3.83. The molecular weight excluding hydrogens is 198 g/mol. The number of aromatic nitrogens is 1. The first kappa shape index (κ1) is 8.41. The van der Waals surface area contributed by atoms with Gasteiger partial charge in [0.1, 0.15) is 0 Å². The Morgan fingerprint density at radius 2 is 2.21 bits per heavy atom. The van der Waals surface area contributed by atoms with Gasteiger partial charge in [0, 0.05) is 12.1 Å². The van der Waals surface area contributed by atoms with Gasteiger partial charge in [0.15, 0.2) is 9.84 Å². The van der Waals surface area contributed by atoms with Gasteiger partial charge >= 0.3 is 0 Å². The van der Waals surface area contributed by atoms with Crippen LogP contribution in [-0.2, 0) is 9.84 Å². The third-order valence-corrected chi connectivity index (χ3v) is 5.22. The Balaban J connectivity index is 2.25. The Morgan fingerprint density at radius 3 is 2.93 bits per heavy atom. The molecule has 4 heteroatoms. The standard InChI is InChI=1S/C10H11NO2S/c12-14(13)6-7-3-4-8(7)10-9(14)2-1-5-11-10/h1-2,5,7-8H,3-4,6H2/t7-,8?/m0/s1. The number of pyridine rings is 1. The molecule has 1 aliphatic carbocycles. The van der Waals surface area contributed by atoms with Crippen molar-refractivity contribution in [2.45, 2.75) is 23.7 Å². The third kappa shape index (κ3) is 0.974. The van der Waals surface area contributed by atoms with E-state index in [-0.39, 0.29) is 0 Å². The number of fused-ring (bicyclic) bond motifs is 3. The van der Waals surface area contributed by atoms with E-state index in [0.717, 1.165) is 18.5 Å². The number of nitrogens with zero attached hydrogens (tertiary/aromatic N) is 1. The van der Waals surface area contributed by atoms with Crippen molar-refractivity contribution in [2.75, 3.05) is 5.75 Å². The van der Waals surface area contributed by atoms with Crippen LogP contribution < -0.4 is 0 Å². The first-order chi connectivity index (χ1) is 6.68. The molecule has 2 heterocycles. The van der Waals surface area contributed by atoms with Crippen LogP contribution in [0.25, 0.3) is 0 Å². The molecule has 0 amide bonds. The van der Waals surface area contributed by atoms with E-state index in [1.807, 2.05) is 0 Å². The Bertz CT molecular complexity index is 481. The lowest BCUT2D eigenvalue weighted by atomic mass is 9.72. The second-order valence-electron chi connectivity index (χ2n) is 4.11. The van der Waals surface area contributed by atoms with Gasteiger partial charge in [0.2, 0.25) is 0 Å². The van der Waals surface area contributed by atoms with Crippen LogP contribution >= 0.6 is 0 Å². The Hall–Kier alpha value is -0.900. The minimum Gasteiger partial charge on any atom is -0.260 e. The maximum atomic E-state index is 11.8. The maximum absolute atomic E-state index is 11.8. The van der Waals surface area contributed by atoms with Crippen LogP contribution in [0.4, 0.5) is 0 Å². The molecule has 0 aromatic carbocycles. The summed E-state index contributed by atoms with van der Waals surface area (Å²) in [7, 11) is -3.04. The van der Waals surface area contributed by atoms with Gasteiger partial charge in [-0.05, 0) is 30.9 Å². The van der Waals surface area contributed by atoms with E-state index in [9.17, 15) is 8.42 Å². The first-order valence-electron chi connectivity index (χ1n) is 4.86. The van der Waals surface area contributed by atoms with E-state index in [1.54, 1.807) is 18.3 Å². The fourth-order valence-corrected chi connectivity index (χ4v) is 4.40. The smallest absolute Gasteiger partial charge is 0.180 e. The zero-order valence-corrected chi connectivity index (χ0v) is 8.50.